The molecule has 0 aliphatic heterocycles. The average Bonchev–Trinajstić information content (AvgIpc) is 2.97. The molecule has 0 atom stereocenters. The summed E-state index contributed by atoms with van der Waals surface area (Å²) in [5.74, 6) is 0. The number of rotatable bonds is 3. The van der Waals surface area contributed by atoms with Crippen LogP contribution >= 0.6 is 0 Å². The van der Waals surface area contributed by atoms with Gasteiger partial charge in [-0.2, -0.15) is 0 Å². The summed E-state index contributed by atoms with van der Waals surface area (Å²) >= 11 is 0. The quantitative estimate of drug-likeness (QED) is 0.648. The van der Waals surface area contributed by atoms with E-state index in [1.165, 1.54) is 0 Å². The monoisotopic (exact) mass is 259 g/mol. The number of nitrogens with zero attached hydrogens (tertiary/aromatic N) is 3. The summed E-state index contributed by atoms with van der Waals surface area (Å²) in [6.07, 6.45) is 3.72. The Balaban J connectivity index is 1.89. The molecule has 3 nitrogen and oxygen atoms in total. The highest BCUT2D eigenvalue weighted by molar-refractivity contribution is 5.58. The maximum absolute atomic E-state index is 6.97. The number of hydrogen-bond donors (Lipinski definition) is 0. The second-order valence-electron chi connectivity index (χ2n) is 4.55. The zero-order valence-corrected chi connectivity index (χ0v) is 10.9. The third-order valence-corrected chi connectivity index (χ3v) is 3.20. The van der Waals surface area contributed by atoms with Crippen LogP contribution in [0.4, 0.5) is 5.69 Å². The van der Waals surface area contributed by atoms with E-state index in [0.29, 0.717) is 5.69 Å². The van der Waals surface area contributed by atoms with Crippen molar-refractivity contribution in [1.29, 1.82) is 0 Å². The van der Waals surface area contributed by atoms with Crippen molar-refractivity contribution in [2.24, 2.45) is 0 Å². The van der Waals surface area contributed by atoms with Gasteiger partial charge in [0, 0.05) is 6.54 Å². The summed E-state index contributed by atoms with van der Waals surface area (Å²) in [6, 6.07) is 17.9. The molecular weight excluding hydrogens is 246 g/mol. The molecular formula is C17H13N3. The summed E-state index contributed by atoms with van der Waals surface area (Å²) < 4.78 is 2.11. The zero-order chi connectivity index (χ0) is 13.8. The predicted molar refractivity (Wildman–Crippen MR) is 79.5 cm³/mol. The van der Waals surface area contributed by atoms with E-state index in [9.17, 15) is 0 Å². The highest BCUT2D eigenvalue weighted by Gasteiger charge is 2.05. The van der Waals surface area contributed by atoms with Gasteiger partial charge in [0.15, 0.2) is 5.69 Å². The number of hydrogen-bond acceptors (Lipinski definition) is 1. The van der Waals surface area contributed by atoms with Gasteiger partial charge in [-0.25, -0.2) is 9.83 Å². The standard InChI is InChI=1S/C17H13N3/c1-18-16-9-7-14(8-10-16)12-20-13-19-11-17(20)15-5-3-2-4-6-15/h2-11,13H,12H2. The summed E-state index contributed by atoms with van der Waals surface area (Å²) in [5.41, 5.74) is 4.08. The van der Waals surface area contributed by atoms with E-state index in [2.05, 4.69) is 26.5 Å². The molecule has 0 N–H and O–H groups in total. The van der Waals surface area contributed by atoms with Gasteiger partial charge in [0.05, 0.1) is 24.8 Å². The fourth-order valence-electron chi connectivity index (χ4n) is 2.17. The highest BCUT2D eigenvalue weighted by Crippen LogP contribution is 2.20. The summed E-state index contributed by atoms with van der Waals surface area (Å²) in [6.45, 7) is 7.72. The summed E-state index contributed by atoms with van der Waals surface area (Å²) in [5, 5.41) is 0. The van der Waals surface area contributed by atoms with Crippen molar-refractivity contribution >= 4 is 5.69 Å². The van der Waals surface area contributed by atoms with Crippen molar-refractivity contribution in [2.75, 3.05) is 0 Å². The van der Waals surface area contributed by atoms with E-state index in [1.54, 1.807) is 0 Å². The van der Waals surface area contributed by atoms with E-state index < -0.39 is 0 Å². The zero-order valence-electron chi connectivity index (χ0n) is 10.9. The van der Waals surface area contributed by atoms with E-state index in [-0.39, 0.29) is 0 Å². The van der Waals surface area contributed by atoms with Gasteiger partial charge in [0.1, 0.15) is 0 Å². The largest absolute Gasteiger partial charge is 0.326 e. The van der Waals surface area contributed by atoms with Crippen LogP contribution in [-0.2, 0) is 6.54 Å². The van der Waals surface area contributed by atoms with Gasteiger partial charge in [-0.05, 0) is 11.1 Å². The van der Waals surface area contributed by atoms with Crippen molar-refractivity contribution in [3.63, 3.8) is 0 Å². The minimum Gasteiger partial charge on any atom is -0.326 e. The molecule has 0 saturated carbocycles. The third-order valence-electron chi connectivity index (χ3n) is 3.20. The number of benzene rings is 2. The predicted octanol–water partition coefficient (Wildman–Crippen LogP) is 4.15. The molecule has 3 heteroatoms. The van der Waals surface area contributed by atoms with Crippen molar-refractivity contribution in [3.8, 4) is 11.3 Å². The molecule has 3 rings (SSSR count). The Hall–Kier alpha value is -2.86. The lowest BCUT2D eigenvalue weighted by atomic mass is 10.1. The number of imidazole rings is 1. The third kappa shape index (κ3) is 2.45. The van der Waals surface area contributed by atoms with Crippen LogP contribution in [0.3, 0.4) is 0 Å². The van der Waals surface area contributed by atoms with E-state index >= 15 is 0 Å². The molecule has 0 aliphatic rings. The van der Waals surface area contributed by atoms with Crippen LogP contribution in [0.5, 0.6) is 0 Å². The average molecular weight is 259 g/mol. The van der Waals surface area contributed by atoms with Crippen LogP contribution in [0, 0.1) is 6.57 Å². The van der Waals surface area contributed by atoms with E-state index in [1.807, 2.05) is 55.0 Å². The molecule has 0 spiro atoms. The van der Waals surface area contributed by atoms with Gasteiger partial charge in [-0.15, -0.1) is 0 Å². The first-order valence-corrected chi connectivity index (χ1v) is 6.39. The second-order valence-corrected chi connectivity index (χ2v) is 4.55. The topological polar surface area (TPSA) is 22.2 Å². The second kappa shape index (κ2) is 5.41. The first-order valence-electron chi connectivity index (χ1n) is 6.39. The van der Waals surface area contributed by atoms with E-state index in [4.69, 9.17) is 6.57 Å². The molecule has 96 valence electrons. The molecule has 0 saturated heterocycles. The van der Waals surface area contributed by atoms with Gasteiger partial charge in [0.25, 0.3) is 0 Å². The minimum absolute atomic E-state index is 0.669. The first kappa shape index (κ1) is 12.2. The molecule has 1 heterocycles. The van der Waals surface area contributed by atoms with Crippen LogP contribution in [0.15, 0.2) is 67.1 Å². The van der Waals surface area contributed by atoms with Gasteiger partial charge in [-0.1, -0.05) is 54.6 Å². The summed E-state index contributed by atoms with van der Waals surface area (Å²) in [4.78, 5) is 7.65. The maximum atomic E-state index is 6.97. The van der Waals surface area contributed by atoms with E-state index in [0.717, 1.165) is 23.4 Å². The molecule has 1 aromatic heterocycles. The fourth-order valence-corrected chi connectivity index (χ4v) is 2.17. The molecule has 0 amide bonds. The Morgan fingerprint density at radius 2 is 1.75 bits per heavy atom. The molecule has 0 bridgehead atoms. The van der Waals surface area contributed by atoms with Crippen LogP contribution < -0.4 is 0 Å². The lowest BCUT2D eigenvalue weighted by molar-refractivity contribution is 0.805. The Bertz CT molecular complexity index is 734. The van der Waals surface area contributed by atoms with Gasteiger partial charge in [-0.3, -0.25) is 0 Å². The number of aromatic nitrogens is 2. The van der Waals surface area contributed by atoms with Gasteiger partial charge in [0.2, 0.25) is 0 Å². The molecule has 0 aliphatic carbocycles. The van der Waals surface area contributed by atoms with Gasteiger partial charge < -0.3 is 4.57 Å². The molecule has 20 heavy (non-hydrogen) atoms. The van der Waals surface area contributed by atoms with Crippen LogP contribution in [0.2, 0.25) is 0 Å². The Morgan fingerprint density at radius 1 is 1.00 bits per heavy atom. The van der Waals surface area contributed by atoms with Crippen molar-refractivity contribution in [2.45, 2.75) is 6.54 Å². The first-order chi connectivity index (χ1) is 9.86. The lowest BCUT2D eigenvalue weighted by Crippen LogP contribution is -1.99. The fraction of sp³-hybridized carbons (Fsp3) is 0.0588. The Morgan fingerprint density at radius 3 is 2.45 bits per heavy atom. The Labute approximate surface area is 118 Å². The molecule has 2 aromatic carbocycles. The molecule has 0 fully saturated rings. The van der Waals surface area contributed by atoms with Gasteiger partial charge >= 0.3 is 0 Å². The lowest BCUT2D eigenvalue weighted by Gasteiger charge is -2.08. The molecule has 0 radical (unpaired) electrons. The SMILES string of the molecule is [C-]#[N+]c1ccc(Cn2cncc2-c2ccccc2)cc1. The van der Waals surface area contributed by atoms with Crippen LogP contribution in [0.25, 0.3) is 16.1 Å². The van der Waals surface area contributed by atoms with Crippen molar-refractivity contribution in [1.82, 2.24) is 9.55 Å². The highest BCUT2D eigenvalue weighted by atomic mass is 15.0. The normalized spacial score (nSPS) is 10.2. The molecule has 3 aromatic rings. The maximum Gasteiger partial charge on any atom is 0.187 e. The minimum atomic E-state index is 0.669. The van der Waals surface area contributed by atoms with Crippen molar-refractivity contribution < 1.29 is 0 Å². The molecule has 0 unspecified atom stereocenters. The smallest absolute Gasteiger partial charge is 0.187 e. The van der Waals surface area contributed by atoms with Crippen LogP contribution in [-0.4, -0.2) is 9.55 Å². The Kier molecular flexibility index (Phi) is 3.30. The van der Waals surface area contributed by atoms with Crippen LogP contribution in [0.1, 0.15) is 5.56 Å². The van der Waals surface area contributed by atoms with Crippen molar-refractivity contribution in [3.05, 3.63) is 84.1 Å². The summed E-state index contributed by atoms with van der Waals surface area (Å²) in [7, 11) is 0.